The van der Waals surface area contributed by atoms with Crippen LogP contribution in [0.15, 0.2) is 12.2 Å². The lowest BCUT2D eigenvalue weighted by molar-refractivity contribution is -0.119. The van der Waals surface area contributed by atoms with Crippen LogP contribution in [0.5, 0.6) is 0 Å². The molecule has 0 fully saturated rings. The van der Waals surface area contributed by atoms with Gasteiger partial charge in [-0.1, -0.05) is 11.3 Å². The van der Waals surface area contributed by atoms with Crippen molar-refractivity contribution in [1.29, 1.82) is 0 Å². The van der Waals surface area contributed by atoms with E-state index in [1.165, 1.54) is 23.5 Å². The lowest BCUT2D eigenvalue weighted by Crippen LogP contribution is -2.30. The van der Waals surface area contributed by atoms with Gasteiger partial charge in [-0.25, -0.2) is 4.90 Å². The number of nitrogens with one attached hydrogen (secondary N) is 3. The summed E-state index contributed by atoms with van der Waals surface area (Å²) in [5, 5.41) is 10.7. The fraction of sp³-hybridized carbons (Fsp3) is 0.273. The van der Waals surface area contributed by atoms with Crippen LogP contribution in [0.25, 0.3) is 0 Å². The predicted octanol–water partition coefficient (Wildman–Crippen LogP) is 1.30. The standard InChI is InChI=1S/C11H14N4O2S/c1-12-8-9(11(14-3)18-10(8)13-2)15-6(16)4-5-7(15)17/h4-5,12-14H,1-3H3. The van der Waals surface area contributed by atoms with Crippen molar-refractivity contribution in [3.63, 3.8) is 0 Å². The zero-order chi connectivity index (χ0) is 13.3. The topological polar surface area (TPSA) is 73.5 Å². The lowest BCUT2D eigenvalue weighted by Gasteiger charge is -2.17. The molecule has 0 aliphatic carbocycles. The van der Waals surface area contributed by atoms with Crippen molar-refractivity contribution in [2.75, 3.05) is 42.0 Å². The van der Waals surface area contributed by atoms with E-state index >= 15 is 0 Å². The molecule has 6 nitrogen and oxygen atoms in total. The molecule has 18 heavy (non-hydrogen) atoms. The van der Waals surface area contributed by atoms with E-state index in [0.717, 1.165) is 20.6 Å². The van der Waals surface area contributed by atoms with Gasteiger partial charge in [0.2, 0.25) is 0 Å². The van der Waals surface area contributed by atoms with Crippen molar-refractivity contribution in [2.45, 2.75) is 0 Å². The maximum absolute atomic E-state index is 11.8. The van der Waals surface area contributed by atoms with Crippen LogP contribution in [-0.2, 0) is 9.59 Å². The van der Waals surface area contributed by atoms with Crippen LogP contribution in [0, 0.1) is 0 Å². The Labute approximate surface area is 109 Å². The first-order valence-electron chi connectivity index (χ1n) is 5.40. The van der Waals surface area contributed by atoms with Gasteiger partial charge in [0.1, 0.15) is 15.7 Å². The zero-order valence-electron chi connectivity index (χ0n) is 10.3. The van der Waals surface area contributed by atoms with Gasteiger partial charge >= 0.3 is 0 Å². The number of thiophene rings is 1. The van der Waals surface area contributed by atoms with Crippen LogP contribution in [0.4, 0.5) is 21.4 Å². The lowest BCUT2D eigenvalue weighted by atomic mass is 10.3. The van der Waals surface area contributed by atoms with Gasteiger partial charge in [0.25, 0.3) is 11.8 Å². The molecule has 96 valence electrons. The summed E-state index contributed by atoms with van der Waals surface area (Å²) in [7, 11) is 5.30. The van der Waals surface area contributed by atoms with Crippen molar-refractivity contribution < 1.29 is 9.59 Å². The minimum Gasteiger partial charge on any atom is -0.384 e. The Bertz CT molecular complexity index is 517. The summed E-state index contributed by atoms with van der Waals surface area (Å²) in [5.74, 6) is -0.651. The van der Waals surface area contributed by atoms with Crippen molar-refractivity contribution in [3.8, 4) is 0 Å². The molecule has 0 radical (unpaired) electrons. The number of carbonyl (C=O) groups is 2. The molecule has 0 aromatic carbocycles. The highest BCUT2D eigenvalue weighted by Crippen LogP contribution is 2.48. The maximum Gasteiger partial charge on any atom is 0.258 e. The van der Waals surface area contributed by atoms with Gasteiger partial charge in [-0.05, 0) is 0 Å². The van der Waals surface area contributed by atoms with E-state index in [-0.39, 0.29) is 11.8 Å². The number of rotatable bonds is 4. The largest absolute Gasteiger partial charge is 0.384 e. The molecule has 0 bridgehead atoms. The van der Waals surface area contributed by atoms with Gasteiger partial charge in [0, 0.05) is 33.3 Å². The third-order valence-electron chi connectivity index (χ3n) is 2.62. The second-order valence-corrected chi connectivity index (χ2v) is 4.60. The van der Waals surface area contributed by atoms with Crippen molar-refractivity contribution in [3.05, 3.63) is 12.2 Å². The summed E-state index contributed by atoms with van der Waals surface area (Å²) >= 11 is 1.44. The van der Waals surface area contributed by atoms with E-state index < -0.39 is 0 Å². The first-order valence-corrected chi connectivity index (χ1v) is 6.21. The van der Waals surface area contributed by atoms with Crippen LogP contribution in [-0.4, -0.2) is 33.0 Å². The number of imide groups is 1. The number of anilines is 4. The van der Waals surface area contributed by atoms with Gasteiger partial charge in [0.05, 0.1) is 5.69 Å². The molecule has 0 unspecified atom stereocenters. The van der Waals surface area contributed by atoms with E-state index in [4.69, 9.17) is 0 Å². The highest BCUT2D eigenvalue weighted by Gasteiger charge is 2.32. The number of amides is 2. The quantitative estimate of drug-likeness (QED) is 0.716. The Morgan fingerprint density at radius 2 is 1.50 bits per heavy atom. The third kappa shape index (κ3) is 1.72. The molecule has 2 rings (SSSR count). The predicted molar refractivity (Wildman–Crippen MR) is 74.6 cm³/mol. The second kappa shape index (κ2) is 4.69. The Kier molecular flexibility index (Phi) is 3.24. The minimum absolute atomic E-state index is 0.326. The Balaban J connectivity index is 2.58. The molecule has 1 aliphatic rings. The molecule has 3 N–H and O–H groups in total. The number of carbonyl (C=O) groups excluding carboxylic acids is 2. The van der Waals surface area contributed by atoms with E-state index in [0.29, 0.717) is 5.69 Å². The molecule has 0 saturated carbocycles. The van der Waals surface area contributed by atoms with Crippen molar-refractivity contribution in [2.24, 2.45) is 0 Å². The summed E-state index contributed by atoms with van der Waals surface area (Å²) in [6.07, 6.45) is 2.55. The molecule has 7 heteroatoms. The van der Waals surface area contributed by atoms with E-state index in [9.17, 15) is 9.59 Å². The Hall–Kier alpha value is -2.02. The summed E-state index contributed by atoms with van der Waals surface area (Å²) in [6.45, 7) is 0. The fourth-order valence-electron chi connectivity index (χ4n) is 1.83. The normalized spacial score (nSPS) is 14.3. The summed E-state index contributed by atoms with van der Waals surface area (Å²) in [5.41, 5.74) is 1.30. The van der Waals surface area contributed by atoms with E-state index in [2.05, 4.69) is 16.0 Å². The summed E-state index contributed by atoms with van der Waals surface area (Å²) < 4.78 is 0. The maximum atomic E-state index is 11.8. The monoisotopic (exact) mass is 266 g/mol. The first-order chi connectivity index (χ1) is 8.63. The molecule has 1 aromatic heterocycles. The average molecular weight is 266 g/mol. The molecule has 2 amide bonds. The van der Waals surface area contributed by atoms with Gasteiger partial charge in [-0.15, -0.1) is 0 Å². The van der Waals surface area contributed by atoms with Crippen LogP contribution >= 0.6 is 11.3 Å². The molecule has 0 atom stereocenters. The molecule has 0 saturated heterocycles. The molecule has 0 spiro atoms. The molecule has 1 aromatic rings. The van der Waals surface area contributed by atoms with Crippen LogP contribution in [0.2, 0.25) is 0 Å². The van der Waals surface area contributed by atoms with Crippen LogP contribution in [0.3, 0.4) is 0 Å². The fourth-order valence-corrected chi connectivity index (χ4v) is 2.83. The molecular weight excluding hydrogens is 252 g/mol. The second-order valence-electron chi connectivity index (χ2n) is 3.58. The number of hydrogen-bond donors (Lipinski definition) is 3. The first kappa shape index (κ1) is 12.4. The summed E-state index contributed by atoms with van der Waals surface area (Å²) in [6, 6.07) is 0. The Morgan fingerprint density at radius 1 is 0.944 bits per heavy atom. The third-order valence-corrected chi connectivity index (χ3v) is 3.83. The van der Waals surface area contributed by atoms with E-state index in [1.54, 1.807) is 21.1 Å². The number of nitrogens with zero attached hydrogens (tertiary/aromatic N) is 1. The van der Waals surface area contributed by atoms with Crippen LogP contribution < -0.4 is 20.9 Å². The van der Waals surface area contributed by atoms with Gasteiger partial charge < -0.3 is 16.0 Å². The molecular formula is C11H14N4O2S. The molecule has 2 heterocycles. The van der Waals surface area contributed by atoms with E-state index in [1.807, 2.05) is 0 Å². The van der Waals surface area contributed by atoms with Gasteiger partial charge in [-0.3, -0.25) is 9.59 Å². The smallest absolute Gasteiger partial charge is 0.258 e. The van der Waals surface area contributed by atoms with Crippen molar-refractivity contribution >= 4 is 44.5 Å². The van der Waals surface area contributed by atoms with Crippen molar-refractivity contribution in [1.82, 2.24) is 0 Å². The SMILES string of the molecule is CNc1sc(NC)c(N2C(=O)C=CC2=O)c1NC. The van der Waals surface area contributed by atoms with Gasteiger partial charge in [0.15, 0.2) is 0 Å². The highest BCUT2D eigenvalue weighted by atomic mass is 32.1. The average Bonchev–Trinajstić information content (AvgIpc) is 2.89. The zero-order valence-corrected chi connectivity index (χ0v) is 11.1. The minimum atomic E-state index is -0.326. The van der Waals surface area contributed by atoms with Gasteiger partial charge in [-0.2, -0.15) is 0 Å². The van der Waals surface area contributed by atoms with Crippen LogP contribution in [0.1, 0.15) is 0 Å². The highest BCUT2D eigenvalue weighted by molar-refractivity contribution is 7.21. The number of hydrogen-bond acceptors (Lipinski definition) is 6. The summed E-state index contributed by atoms with van der Waals surface area (Å²) in [4.78, 5) is 24.7. The Morgan fingerprint density at radius 3 is 1.94 bits per heavy atom. The molecule has 1 aliphatic heterocycles.